The Bertz CT molecular complexity index is 935. The Hall–Kier alpha value is -3.03. The van der Waals surface area contributed by atoms with E-state index in [-0.39, 0.29) is 11.3 Å². The topological polar surface area (TPSA) is 123 Å². The van der Waals surface area contributed by atoms with Crippen molar-refractivity contribution in [3.63, 3.8) is 0 Å². The number of fused-ring (bicyclic) bond motifs is 1. The van der Waals surface area contributed by atoms with Gasteiger partial charge in [0.25, 0.3) is 5.09 Å². The van der Waals surface area contributed by atoms with Crippen molar-refractivity contribution in [2.75, 3.05) is 6.61 Å². The summed E-state index contributed by atoms with van der Waals surface area (Å²) in [6.45, 7) is 3.30. The van der Waals surface area contributed by atoms with Crippen LogP contribution in [0.5, 0.6) is 5.75 Å². The summed E-state index contributed by atoms with van der Waals surface area (Å²) in [5.41, 5.74) is -0.210. The predicted octanol–water partition coefficient (Wildman–Crippen LogP) is 4.10. The molecular formula is C18H17BrF3NO9. The van der Waals surface area contributed by atoms with Gasteiger partial charge in [0, 0.05) is 17.0 Å². The number of alkyl halides is 3. The molecule has 0 aromatic heterocycles. The van der Waals surface area contributed by atoms with Gasteiger partial charge in [0.05, 0.1) is 5.57 Å². The molecule has 14 heteroatoms. The second kappa shape index (κ2) is 10.1. The summed E-state index contributed by atoms with van der Waals surface area (Å²) in [6, 6.07) is 3.02. The highest BCUT2D eigenvalue weighted by molar-refractivity contribution is 9.10. The van der Waals surface area contributed by atoms with Crippen molar-refractivity contribution in [3.8, 4) is 5.75 Å². The molecule has 1 aliphatic heterocycles. The molecule has 0 spiro atoms. The molecular weight excluding hydrogens is 511 g/mol. The molecule has 0 N–H and O–H groups in total. The SMILES string of the molecule is Cc1cc(Br)cc2c1OC(C(F)(F)F)C(C(=O)OC(C)OC(=O)OC[C@H](C)O[N+](=O)[O-])=C2. The molecule has 2 unspecified atom stereocenters. The van der Waals surface area contributed by atoms with E-state index in [1.807, 2.05) is 0 Å². The lowest BCUT2D eigenvalue weighted by atomic mass is 9.99. The predicted molar refractivity (Wildman–Crippen MR) is 103 cm³/mol. The summed E-state index contributed by atoms with van der Waals surface area (Å²) in [7, 11) is 0. The van der Waals surface area contributed by atoms with Gasteiger partial charge >= 0.3 is 18.3 Å². The lowest BCUT2D eigenvalue weighted by Crippen LogP contribution is -2.41. The summed E-state index contributed by atoms with van der Waals surface area (Å²) in [4.78, 5) is 38.3. The summed E-state index contributed by atoms with van der Waals surface area (Å²) in [5, 5.41) is 9.09. The number of ether oxygens (including phenoxy) is 4. The van der Waals surface area contributed by atoms with Crippen LogP contribution < -0.4 is 4.74 Å². The average Bonchev–Trinajstić information content (AvgIpc) is 2.63. The van der Waals surface area contributed by atoms with Gasteiger partial charge in [-0.05, 0) is 37.6 Å². The van der Waals surface area contributed by atoms with Gasteiger partial charge in [0.1, 0.15) is 18.5 Å². The Morgan fingerprint density at radius 1 is 1.28 bits per heavy atom. The normalized spacial score (nSPS) is 17.1. The molecule has 0 saturated heterocycles. The maximum Gasteiger partial charge on any atom is 0.511 e. The van der Waals surface area contributed by atoms with E-state index >= 15 is 0 Å². The van der Waals surface area contributed by atoms with E-state index < -0.39 is 54.1 Å². The molecule has 1 heterocycles. The Morgan fingerprint density at radius 3 is 2.53 bits per heavy atom. The molecule has 3 atom stereocenters. The van der Waals surface area contributed by atoms with Gasteiger partial charge < -0.3 is 23.8 Å². The van der Waals surface area contributed by atoms with Gasteiger partial charge in [-0.15, -0.1) is 10.1 Å². The first-order chi connectivity index (χ1) is 14.8. The fraction of sp³-hybridized carbons (Fsp3) is 0.444. The zero-order valence-electron chi connectivity index (χ0n) is 16.8. The van der Waals surface area contributed by atoms with E-state index in [0.717, 1.165) is 13.0 Å². The Balaban J connectivity index is 2.09. The third-order valence-electron chi connectivity index (χ3n) is 3.87. The highest BCUT2D eigenvalue weighted by atomic mass is 79.9. The number of hydrogen-bond acceptors (Lipinski definition) is 9. The number of rotatable bonds is 7. The summed E-state index contributed by atoms with van der Waals surface area (Å²) < 4.78 is 60.1. The van der Waals surface area contributed by atoms with Gasteiger partial charge in [-0.2, -0.15) is 13.2 Å². The van der Waals surface area contributed by atoms with Crippen molar-refractivity contribution in [1.82, 2.24) is 0 Å². The van der Waals surface area contributed by atoms with Crippen LogP contribution in [0.1, 0.15) is 25.0 Å². The maximum absolute atomic E-state index is 13.5. The molecule has 1 aliphatic rings. The number of benzene rings is 1. The fourth-order valence-electron chi connectivity index (χ4n) is 2.63. The van der Waals surface area contributed by atoms with Crippen LogP contribution in [0.25, 0.3) is 6.08 Å². The molecule has 10 nitrogen and oxygen atoms in total. The monoisotopic (exact) mass is 527 g/mol. The Kier molecular flexibility index (Phi) is 7.93. The minimum atomic E-state index is -4.93. The van der Waals surface area contributed by atoms with E-state index in [9.17, 15) is 32.9 Å². The number of carbonyl (C=O) groups excluding carboxylic acids is 2. The van der Waals surface area contributed by atoms with Crippen molar-refractivity contribution < 1.29 is 51.6 Å². The van der Waals surface area contributed by atoms with Crippen LogP contribution in [-0.4, -0.2) is 48.5 Å². The van der Waals surface area contributed by atoms with Crippen molar-refractivity contribution >= 4 is 34.1 Å². The largest absolute Gasteiger partial charge is 0.511 e. The molecule has 1 aromatic carbocycles. The number of nitrogens with zero attached hydrogens (tertiary/aromatic N) is 1. The standard InChI is InChI=1S/C18H17BrF3NO9/c1-8-4-12(19)5-11-6-13(15(18(20,21)22)31-14(8)11)16(24)29-10(3)30-17(25)28-7-9(2)32-23(26)27/h4-6,9-10,15H,7H2,1-3H3/t9-,10?,15?/m0/s1. The number of halogens is 4. The van der Waals surface area contributed by atoms with Gasteiger partial charge in [-0.3, -0.25) is 0 Å². The van der Waals surface area contributed by atoms with E-state index in [1.54, 1.807) is 13.0 Å². The maximum atomic E-state index is 13.5. The van der Waals surface area contributed by atoms with Crippen LogP contribution in [-0.2, 0) is 23.8 Å². The first-order valence-corrected chi connectivity index (χ1v) is 9.68. The van der Waals surface area contributed by atoms with Gasteiger partial charge in [0.15, 0.2) is 0 Å². The second-order valence-corrected chi connectivity index (χ2v) is 7.49. The molecule has 176 valence electrons. The number of hydrogen-bond donors (Lipinski definition) is 0. The highest BCUT2D eigenvalue weighted by Crippen LogP contribution is 2.40. The van der Waals surface area contributed by atoms with Gasteiger partial charge in [0.2, 0.25) is 12.4 Å². The molecule has 0 saturated carbocycles. The van der Waals surface area contributed by atoms with E-state index in [0.29, 0.717) is 10.0 Å². The van der Waals surface area contributed by atoms with Crippen LogP contribution >= 0.6 is 15.9 Å². The van der Waals surface area contributed by atoms with Crippen molar-refractivity contribution in [3.05, 3.63) is 43.4 Å². The van der Waals surface area contributed by atoms with E-state index in [1.165, 1.54) is 13.0 Å². The molecule has 0 aliphatic carbocycles. The first kappa shape index (κ1) is 25.2. The zero-order valence-corrected chi connectivity index (χ0v) is 18.4. The Labute approximate surface area is 187 Å². The van der Waals surface area contributed by atoms with Gasteiger partial charge in [-0.1, -0.05) is 15.9 Å². The van der Waals surface area contributed by atoms with E-state index in [2.05, 4.69) is 30.2 Å². The minimum Gasteiger partial charge on any atom is -0.475 e. The van der Waals surface area contributed by atoms with E-state index in [4.69, 9.17) is 9.47 Å². The minimum absolute atomic E-state index is 0.0361. The first-order valence-electron chi connectivity index (χ1n) is 8.88. The molecule has 32 heavy (non-hydrogen) atoms. The summed E-state index contributed by atoms with van der Waals surface area (Å²) in [6.07, 6.45) is -10.7. The van der Waals surface area contributed by atoms with Crippen LogP contribution in [0.2, 0.25) is 0 Å². The molecule has 0 radical (unpaired) electrons. The summed E-state index contributed by atoms with van der Waals surface area (Å²) >= 11 is 3.22. The van der Waals surface area contributed by atoms with Crippen molar-refractivity contribution in [2.45, 2.75) is 45.4 Å². The van der Waals surface area contributed by atoms with Crippen molar-refractivity contribution in [1.29, 1.82) is 0 Å². The number of esters is 1. The van der Waals surface area contributed by atoms with Crippen LogP contribution in [0.3, 0.4) is 0 Å². The zero-order chi connectivity index (χ0) is 24.2. The molecule has 2 rings (SSSR count). The molecule has 0 bridgehead atoms. The number of carbonyl (C=O) groups is 2. The lowest BCUT2D eigenvalue weighted by molar-refractivity contribution is -0.767. The third kappa shape index (κ3) is 6.73. The average molecular weight is 528 g/mol. The smallest absolute Gasteiger partial charge is 0.475 e. The quantitative estimate of drug-likeness (QED) is 0.223. The number of aryl methyl sites for hydroxylation is 1. The van der Waals surface area contributed by atoms with Crippen LogP contribution in [0, 0.1) is 17.0 Å². The summed E-state index contributed by atoms with van der Waals surface area (Å²) in [5.74, 6) is -1.47. The molecule has 0 amide bonds. The Morgan fingerprint density at radius 2 is 1.94 bits per heavy atom. The second-order valence-electron chi connectivity index (χ2n) is 6.57. The fourth-order valence-corrected chi connectivity index (χ4v) is 3.22. The molecule has 0 fully saturated rings. The highest BCUT2D eigenvalue weighted by Gasteiger charge is 2.49. The lowest BCUT2D eigenvalue weighted by Gasteiger charge is -2.29. The van der Waals surface area contributed by atoms with Crippen LogP contribution in [0.15, 0.2) is 22.2 Å². The van der Waals surface area contributed by atoms with Crippen molar-refractivity contribution in [2.24, 2.45) is 0 Å². The third-order valence-corrected chi connectivity index (χ3v) is 4.33. The molecule has 1 aromatic rings. The van der Waals surface area contributed by atoms with Crippen LogP contribution in [0.4, 0.5) is 18.0 Å². The van der Waals surface area contributed by atoms with Gasteiger partial charge in [-0.25, -0.2) is 9.59 Å².